The second kappa shape index (κ2) is 10.2. The fourth-order valence-corrected chi connectivity index (χ4v) is 4.53. The summed E-state index contributed by atoms with van der Waals surface area (Å²) in [6.07, 6.45) is -2.14. The van der Waals surface area contributed by atoms with Gasteiger partial charge in [0.25, 0.3) is 0 Å². The van der Waals surface area contributed by atoms with Crippen LogP contribution in [-0.4, -0.2) is 65.7 Å². The second-order valence-corrected chi connectivity index (χ2v) is 8.60. The first kappa shape index (κ1) is 23.7. The van der Waals surface area contributed by atoms with E-state index in [1.807, 2.05) is 36.4 Å². The minimum Gasteiger partial charge on any atom is -0.480 e. The van der Waals surface area contributed by atoms with Gasteiger partial charge >= 0.3 is 12.1 Å². The first-order valence-electron chi connectivity index (χ1n) is 11.3. The molecule has 0 radical (unpaired) electrons. The molecular formula is C25H28N2O7. The predicted molar refractivity (Wildman–Crippen MR) is 122 cm³/mol. The van der Waals surface area contributed by atoms with Gasteiger partial charge in [-0.05, 0) is 42.0 Å². The maximum absolute atomic E-state index is 12.3. The number of benzene rings is 2. The third-order valence-corrected chi connectivity index (χ3v) is 6.26. The van der Waals surface area contributed by atoms with Crippen LogP contribution in [-0.2, 0) is 19.1 Å². The first-order valence-corrected chi connectivity index (χ1v) is 11.3. The summed E-state index contributed by atoms with van der Waals surface area (Å²) in [4.78, 5) is 35.8. The van der Waals surface area contributed by atoms with Crippen molar-refractivity contribution in [1.29, 1.82) is 0 Å². The topological polar surface area (TPSA) is 134 Å². The van der Waals surface area contributed by atoms with Crippen LogP contribution in [0.5, 0.6) is 0 Å². The molecule has 9 heteroatoms. The minimum absolute atomic E-state index is 0.0370. The molecule has 1 heterocycles. The van der Waals surface area contributed by atoms with Crippen molar-refractivity contribution < 1.29 is 34.1 Å². The van der Waals surface area contributed by atoms with Crippen molar-refractivity contribution in [2.75, 3.05) is 13.2 Å². The van der Waals surface area contributed by atoms with E-state index in [9.17, 15) is 19.5 Å². The zero-order valence-electron chi connectivity index (χ0n) is 18.8. The van der Waals surface area contributed by atoms with Crippen LogP contribution in [0, 0.1) is 0 Å². The second-order valence-electron chi connectivity index (χ2n) is 8.60. The van der Waals surface area contributed by atoms with E-state index in [2.05, 4.69) is 22.8 Å². The Morgan fingerprint density at radius 2 is 1.68 bits per heavy atom. The van der Waals surface area contributed by atoms with Crippen molar-refractivity contribution in [3.8, 4) is 11.1 Å². The van der Waals surface area contributed by atoms with Crippen LogP contribution < -0.4 is 10.6 Å². The molecule has 1 saturated heterocycles. The zero-order valence-corrected chi connectivity index (χ0v) is 18.8. The van der Waals surface area contributed by atoms with Crippen molar-refractivity contribution in [2.24, 2.45) is 0 Å². The highest BCUT2D eigenvalue weighted by Crippen LogP contribution is 2.44. The highest BCUT2D eigenvalue weighted by atomic mass is 16.6. The Bertz CT molecular complexity index is 1030. The number of amides is 2. The lowest BCUT2D eigenvalue weighted by molar-refractivity contribution is -0.147. The number of rotatable bonds is 8. The molecule has 1 aliphatic carbocycles. The van der Waals surface area contributed by atoms with E-state index in [1.165, 1.54) is 6.92 Å². The highest BCUT2D eigenvalue weighted by molar-refractivity contribution is 5.86. The van der Waals surface area contributed by atoms with E-state index < -0.39 is 42.3 Å². The largest absolute Gasteiger partial charge is 0.480 e. The number of carboxylic acids is 1. The fourth-order valence-electron chi connectivity index (χ4n) is 4.53. The SMILES string of the molecule is C[C@@H](O)[C@H](NC(=O)C1CCC(CNC(=O)OCC2c3ccccc3-c3ccccc32)O1)C(=O)O. The standard InChI is InChI=1S/C25H28N2O7/c1-14(28)22(24(30)31)27-23(29)21-11-10-15(34-21)12-26-25(32)33-13-20-18-8-4-2-6-16(18)17-7-3-5-9-19(17)20/h2-9,14-15,20-22,28H,10-13H2,1H3,(H,26,32)(H,27,29)(H,30,31)/t14-,15?,21?,22+/m1/s1. The smallest absolute Gasteiger partial charge is 0.407 e. The van der Waals surface area contributed by atoms with Gasteiger partial charge in [-0.3, -0.25) is 4.79 Å². The average molecular weight is 469 g/mol. The van der Waals surface area contributed by atoms with Gasteiger partial charge in [-0.2, -0.15) is 0 Å². The Morgan fingerprint density at radius 1 is 1.06 bits per heavy atom. The summed E-state index contributed by atoms with van der Waals surface area (Å²) in [7, 11) is 0. The number of nitrogens with one attached hydrogen (secondary N) is 2. The van der Waals surface area contributed by atoms with Gasteiger partial charge < -0.3 is 30.3 Å². The Kier molecular flexibility index (Phi) is 7.14. The molecule has 2 aliphatic rings. The summed E-state index contributed by atoms with van der Waals surface area (Å²) in [6, 6.07) is 14.8. The molecule has 2 aromatic carbocycles. The van der Waals surface area contributed by atoms with Gasteiger partial charge in [-0.1, -0.05) is 48.5 Å². The van der Waals surface area contributed by atoms with E-state index in [0.717, 1.165) is 22.3 Å². The van der Waals surface area contributed by atoms with Crippen LogP contribution in [0.2, 0.25) is 0 Å². The monoisotopic (exact) mass is 468 g/mol. The van der Waals surface area contributed by atoms with Crippen molar-refractivity contribution in [1.82, 2.24) is 10.6 Å². The van der Waals surface area contributed by atoms with E-state index in [-0.39, 0.29) is 19.1 Å². The number of ether oxygens (including phenoxy) is 2. The number of carboxylic acid groups (broad SMARTS) is 1. The number of aliphatic hydroxyl groups excluding tert-OH is 1. The van der Waals surface area contributed by atoms with Gasteiger partial charge in [0, 0.05) is 12.5 Å². The van der Waals surface area contributed by atoms with Crippen molar-refractivity contribution in [3.05, 3.63) is 59.7 Å². The molecule has 180 valence electrons. The van der Waals surface area contributed by atoms with E-state index in [0.29, 0.717) is 12.8 Å². The van der Waals surface area contributed by atoms with Gasteiger partial charge in [0.2, 0.25) is 5.91 Å². The molecule has 1 aliphatic heterocycles. The van der Waals surface area contributed by atoms with Crippen LogP contribution in [0.15, 0.2) is 48.5 Å². The summed E-state index contributed by atoms with van der Waals surface area (Å²) in [5, 5.41) is 23.6. The molecule has 0 aromatic heterocycles. The summed E-state index contributed by atoms with van der Waals surface area (Å²) in [5.74, 6) is -1.96. The molecule has 4 rings (SSSR count). The lowest BCUT2D eigenvalue weighted by Gasteiger charge is -2.20. The van der Waals surface area contributed by atoms with Gasteiger partial charge in [0.05, 0.1) is 12.2 Å². The van der Waals surface area contributed by atoms with Crippen LogP contribution in [0.4, 0.5) is 4.79 Å². The summed E-state index contributed by atoms with van der Waals surface area (Å²) >= 11 is 0. The van der Waals surface area contributed by atoms with Crippen LogP contribution in [0.25, 0.3) is 11.1 Å². The number of aliphatic carboxylic acids is 1. The molecule has 1 fully saturated rings. The lowest BCUT2D eigenvalue weighted by atomic mass is 9.98. The van der Waals surface area contributed by atoms with Crippen molar-refractivity contribution in [2.45, 2.75) is 50.0 Å². The molecule has 2 unspecified atom stereocenters. The Balaban J connectivity index is 1.25. The molecule has 4 N–H and O–H groups in total. The molecule has 0 spiro atoms. The number of alkyl carbamates (subject to hydrolysis) is 1. The summed E-state index contributed by atoms with van der Waals surface area (Å²) in [5.41, 5.74) is 4.55. The van der Waals surface area contributed by atoms with Crippen LogP contribution >= 0.6 is 0 Å². The van der Waals surface area contributed by atoms with E-state index in [1.54, 1.807) is 0 Å². The normalized spacial score (nSPS) is 20.6. The first-order chi connectivity index (χ1) is 16.3. The number of fused-ring (bicyclic) bond motifs is 3. The molecule has 2 aromatic rings. The maximum Gasteiger partial charge on any atom is 0.407 e. The quantitative estimate of drug-likeness (QED) is 0.466. The van der Waals surface area contributed by atoms with Gasteiger partial charge in [-0.15, -0.1) is 0 Å². The molecule has 4 atom stereocenters. The Morgan fingerprint density at radius 3 is 2.26 bits per heavy atom. The number of carbonyl (C=O) groups is 3. The molecule has 0 saturated carbocycles. The number of hydrogen-bond donors (Lipinski definition) is 4. The summed E-state index contributed by atoms with van der Waals surface area (Å²) < 4.78 is 11.1. The number of carbonyl (C=O) groups excluding carboxylic acids is 2. The Hall–Kier alpha value is -3.43. The predicted octanol–water partition coefficient (Wildman–Crippen LogP) is 2.02. The third-order valence-electron chi connectivity index (χ3n) is 6.26. The number of aliphatic hydroxyl groups is 1. The molecule has 9 nitrogen and oxygen atoms in total. The third kappa shape index (κ3) is 5.05. The van der Waals surface area contributed by atoms with Crippen molar-refractivity contribution >= 4 is 18.0 Å². The zero-order chi connectivity index (χ0) is 24.2. The highest BCUT2D eigenvalue weighted by Gasteiger charge is 2.34. The Labute approximate surface area is 197 Å². The molecule has 0 bridgehead atoms. The van der Waals surface area contributed by atoms with Crippen LogP contribution in [0.3, 0.4) is 0 Å². The maximum atomic E-state index is 12.3. The van der Waals surface area contributed by atoms with Crippen molar-refractivity contribution in [3.63, 3.8) is 0 Å². The molecule has 2 amide bonds. The fraction of sp³-hybridized carbons (Fsp3) is 0.400. The lowest BCUT2D eigenvalue weighted by Crippen LogP contribution is -2.50. The van der Waals surface area contributed by atoms with Gasteiger partial charge in [-0.25, -0.2) is 9.59 Å². The van der Waals surface area contributed by atoms with E-state index in [4.69, 9.17) is 14.6 Å². The van der Waals surface area contributed by atoms with Gasteiger partial charge in [0.1, 0.15) is 12.7 Å². The van der Waals surface area contributed by atoms with Gasteiger partial charge in [0.15, 0.2) is 6.04 Å². The molecule has 34 heavy (non-hydrogen) atoms. The summed E-state index contributed by atoms with van der Waals surface area (Å²) in [6.45, 7) is 1.65. The molecular weight excluding hydrogens is 440 g/mol. The number of hydrogen-bond acceptors (Lipinski definition) is 6. The minimum atomic E-state index is -1.41. The van der Waals surface area contributed by atoms with E-state index >= 15 is 0 Å². The van der Waals surface area contributed by atoms with Crippen LogP contribution in [0.1, 0.15) is 36.8 Å². The average Bonchev–Trinajstić information content (AvgIpc) is 3.42.